The summed E-state index contributed by atoms with van der Waals surface area (Å²) in [7, 11) is 0. The number of aliphatic hydroxyl groups excluding tert-OH is 1. The molecular formula is C28H26N6O4. The second kappa shape index (κ2) is 9.66. The molecule has 0 bridgehead atoms. The number of pyridine rings is 1. The highest BCUT2D eigenvalue weighted by atomic mass is 16.3. The molecule has 0 aliphatic carbocycles. The van der Waals surface area contributed by atoms with Crippen LogP contribution in [0.5, 0.6) is 0 Å². The van der Waals surface area contributed by atoms with Gasteiger partial charge in [-0.05, 0) is 55.0 Å². The lowest BCUT2D eigenvalue weighted by molar-refractivity contribution is 0.0737. The van der Waals surface area contributed by atoms with Gasteiger partial charge in [-0.2, -0.15) is 4.98 Å². The van der Waals surface area contributed by atoms with Crippen molar-refractivity contribution in [3.8, 4) is 5.82 Å². The van der Waals surface area contributed by atoms with Crippen molar-refractivity contribution in [3.63, 3.8) is 0 Å². The van der Waals surface area contributed by atoms with Crippen LogP contribution < -0.4 is 10.9 Å². The Morgan fingerprint density at radius 3 is 2.63 bits per heavy atom. The van der Waals surface area contributed by atoms with E-state index in [4.69, 9.17) is 0 Å². The molecule has 3 N–H and O–H groups in total. The summed E-state index contributed by atoms with van der Waals surface area (Å²) in [5.74, 6) is 0.306. The third-order valence-electron chi connectivity index (χ3n) is 6.12. The van der Waals surface area contributed by atoms with E-state index in [1.807, 2.05) is 24.3 Å². The number of ketones is 1. The molecule has 0 saturated heterocycles. The molecule has 10 nitrogen and oxygen atoms in total. The molecule has 0 unspecified atom stereocenters. The van der Waals surface area contributed by atoms with Crippen LogP contribution >= 0.6 is 0 Å². The number of benzene rings is 2. The Labute approximate surface area is 217 Å². The van der Waals surface area contributed by atoms with E-state index in [1.54, 1.807) is 54.9 Å². The molecule has 5 rings (SSSR count). The minimum Gasteiger partial charge on any atom is -0.388 e. The fraction of sp³-hybridized carbons (Fsp3) is 0.179. The van der Waals surface area contributed by atoms with Crippen molar-refractivity contribution in [2.45, 2.75) is 26.0 Å². The topological polar surface area (TPSA) is 135 Å². The molecule has 38 heavy (non-hydrogen) atoms. The van der Waals surface area contributed by atoms with Crippen molar-refractivity contribution in [2.24, 2.45) is 0 Å². The number of Topliss-reactive ketones (excluding diaryl/α,β-unsaturated/α-hetero) is 1. The molecule has 0 radical (unpaired) electrons. The zero-order valence-electron chi connectivity index (χ0n) is 20.9. The van der Waals surface area contributed by atoms with Crippen LogP contribution in [-0.2, 0) is 12.1 Å². The number of aliphatic hydroxyl groups is 2. The van der Waals surface area contributed by atoms with E-state index >= 15 is 0 Å². The van der Waals surface area contributed by atoms with Crippen LogP contribution in [-0.4, -0.2) is 46.9 Å². The maximum Gasteiger partial charge on any atom is 0.278 e. The molecule has 192 valence electrons. The van der Waals surface area contributed by atoms with Gasteiger partial charge in [-0.1, -0.05) is 30.3 Å². The van der Waals surface area contributed by atoms with E-state index in [9.17, 15) is 19.8 Å². The smallest absolute Gasteiger partial charge is 0.278 e. The highest BCUT2D eigenvalue weighted by molar-refractivity contribution is 6.01. The number of hydrogen-bond acceptors (Lipinski definition) is 8. The van der Waals surface area contributed by atoms with Gasteiger partial charge in [0.2, 0.25) is 5.95 Å². The van der Waals surface area contributed by atoms with Gasteiger partial charge in [0.15, 0.2) is 17.2 Å². The lowest BCUT2D eigenvalue weighted by Crippen LogP contribution is -2.23. The summed E-state index contributed by atoms with van der Waals surface area (Å²) in [5.41, 5.74) is 0.398. The van der Waals surface area contributed by atoms with Crippen LogP contribution in [0.15, 0.2) is 78.2 Å². The van der Waals surface area contributed by atoms with Crippen molar-refractivity contribution in [1.82, 2.24) is 24.3 Å². The molecule has 3 heterocycles. The lowest BCUT2D eigenvalue weighted by atomic mass is 10.0. The second-order valence-electron chi connectivity index (χ2n) is 9.34. The number of nitrogens with zero attached hydrogens (tertiary/aromatic N) is 5. The van der Waals surface area contributed by atoms with Gasteiger partial charge in [0.1, 0.15) is 17.6 Å². The van der Waals surface area contributed by atoms with Gasteiger partial charge in [0.05, 0.1) is 12.2 Å². The maximum absolute atomic E-state index is 13.2. The molecule has 0 spiro atoms. The maximum atomic E-state index is 13.2. The van der Waals surface area contributed by atoms with E-state index in [2.05, 4.69) is 26.8 Å². The zero-order chi connectivity index (χ0) is 27.0. The number of fused-ring (bicyclic) bond motifs is 2. The van der Waals surface area contributed by atoms with E-state index in [0.717, 1.165) is 10.8 Å². The molecule has 0 atom stereocenters. The van der Waals surface area contributed by atoms with Gasteiger partial charge < -0.3 is 15.5 Å². The van der Waals surface area contributed by atoms with Crippen molar-refractivity contribution in [1.29, 1.82) is 0 Å². The number of aromatic nitrogens is 5. The summed E-state index contributed by atoms with van der Waals surface area (Å²) in [6, 6.07) is 16.0. The van der Waals surface area contributed by atoms with Crippen LogP contribution in [0.3, 0.4) is 0 Å². The largest absolute Gasteiger partial charge is 0.388 e. The molecule has 0 saturated carbocycles. The highest BCUT2D eigenvalue weighted by Gasteiger charge is 2.21. The molecule has 2 aromatic carbocycles. The minimum absolute atomic E-state index is 0.214. The van der Waals surface area contributed by atoms with E-state index in [-0.39, 0.29) is 23.8 Å². The Balaban J connectivity index is 1.60. The number of rotatable bonds is 8. The molecule has 0 fully saturated rings. The van der Waals surface area contributed by atoms with Crippen molar-refractivity contribution in [2.75, 3.05) is 11.9 Å². The minimum atomic E-state index is -1.18. The number of hydrogen-bond donors (Lipinski definition) is 3. The van der Waals surface area contributed by atoms with Gasteiger partial charge >= 0.3 is 0 Å². The van der Waals surface area contributed by atoms with Gasteiger partial charge in [-0.15, -0.1) is 6.58 Å². The van der Waals surface area contributed by atoms with E-state index < -0.39 is 12.2 Å². The summed E-state index contributed by atoms with van der Waals surface area (Å²) in [6.07, 6.45) is 3.07. The van der Waals surface area contributed by atoms with Crippen LogP contribution in [0.1, 0.15) is 29.9 Å². The number of carbonyl (C=O) groups excluding carboxylic acids is 1. The highest BCUT2D eigenvalue weighted by Crippen LogP contribution is 2.24. The molecule has 10 heteroatoms. The molecule has 3 aromatic heterocycles. The van der Waals surface area contributed by atoms with Gasteiger partial charge in [0, 0.05) is 17.4 Å². The molecule has 0 aliphatic heterocycles. The quantitative estimate of drug-likeness (QED) is 0.213. The Morgan fingerprint density at radius 1 is 1.11 bits per heavy atom. The number of allylic oxidation sites excluding steroid dienone is 1. The Kier molecular flexibility index (Phi) is 6.35. The number of nitrogens with one attached hydrogen (secondary N) is 1. The summed E-state index contributed by atoms with van der Waals surface area (Å²) in [5, 5.41) is 24.9. The Morgan fingerprint density at radius 2 is 1.89 bits per heavy atom. The van der Waals surface area contributed by atoms with Crippen LogP contribution in [0.2, 0.25) is 0 Å². The fourth-order valence-electron chi connectivity index (χ4n) is 4.21. The van der Waals surface area contributed by atoms with Crippen LogP contribution in [0.4, 0.5) is 11.6 Å². The fourth-order valence-corrected chi connectivity index (χ4v) is 4.21. The first-order valence-electron chi connectivity index (χ1n) is 11.9. The predicted octanol–water partition coefficient (Wildman–Crippen LogP) is 3.46. The molecule has 0 amide bonds. The first-order valence-corrected chi connectivity index (χ1v) is 11.9. The lowest BCUT2D eigenvalue weighted by Gasteiger charge is -2.18. The van der Waals surface area contributed by atoms with Crippen molar-refractivity contribution >= 4 is 39.2 Å². The first kappa shape index (κ1) is 25.0. The third-order valence-corrected chi connectivity index (χ3v) is 6.12. The zero-order valence-corrected chi connectivity index (χ0v) is 20.9. The average Bonchev–Trinajstić information content (AvgIpc) is 3.18. The standard InChI is InChI=1S/C28H26N6O4/c1-4-12-33-26(37)21-15-29-27(32-25(21)34(33)24-7-5-6-23(31-24)28(2,3)38)30-20-11-10-17-8-9-18(22(36)16-35)13-19(17)14-20/h4-11,13-15,35,38H,1,12,16H2,2-3H3,(H,29,30,32). The van der Waals surface area contributed by atoms with E-state index in [1.165, 1.54) is 10.9 Å². The van der Waals surface area contributed by atoms with Gasteiger partial charge in [-0.3, -0.25) is 9.59 Å². The summed E-state index contributed by atoms with van der Waals surface area (Å²) in [6.45, 7) is 6.70. The normalized spacial score (nSPS) is 11.7. The van der Waals surface area contributed by atoms with Crippen molar-refractivity contribution in [3.05, 3.63) is 95.1 Å². The van der Waals surface area contributed by atoms with Crippen LogP contribution in [0.25, 0.3) is 27.6 Å². The number of carbonyl (C=O) groups is 1. The number of anilines is 2. The molecule has 5 aromatic rings. The monoisotopic (exact) mass is 510 g/mol. The molecular weight excluding hydrogens is 484 g/mol. The Hall–Kier alpha value is -4.67. The van der Waals surface area contributed by atoms with Crippen LogP contribution in [0, 0.1) is 0 Å². The third kappa shape index (κ3) is 4.58. The Bertz CT molecular complexity index is 1760. The average molecular weight is 511 g/mol. The summed E-state index contributed by atoms with van der Waals surface area (Å²) < 4.78 is 3.05. The predicted molar refractivity (Wildman–Crippen MR) is 145 cm³/mol. The molecule has 0 aliphatic rings. The SMILES string of the molecule is C=CCn1c(=O)c2cnc(Nc3ccc4ccc(C(=O)CO)cc4c3)nc2n1-c1cccc(C(C)(C)O)n1. The summed E-state index contributed by atoms with van der Waals surface area (Å²) in [4.78, 5) is 38.7. The second-order valence-corrected chi connectivity index (χ2v) is 9.34. The van der Waals surface area contributed by atoms with Gasteiger partial charge in [0.25, 0.3) is 5.56 Å². The van der Waals surface area contributed by atoms with E-state index in [0.29, 0.717) is 33.8 Å². The van der Waals surface area contributed by atoms with Crippen molar-refractivity contribution < 1.29 is 15.0 Å². The first-order chi connectivity index (χ1) is 18.2. The summed E-state index contributed by atoms with van der Waals surface area (Å²) >= 11 is 0. The van der Waals surface area contributed by atoms with Gasteiger partial charge in [-0.25, -0.2) is 19.3 Å².